The van der Waals surface area contributed by atoms with Gasteiger partial charge in [-0.3, -0.25) is 9.59 Å². The zero-order chi connectivity index (χ0) is 23.0. The van der Waals surface area contributed by atoms with Gasteiger partial charge in [0.15, 0.2) is 0 Å². The number of hydrogen-bond acceptors (Lipinski definition) is 9. The minimum absolute atomic E-state index is 0.110. The molecule has 0 heterocycles. The second-order valence-corrected chi connectivity index (χ2v) is 6.77. The van der Waals surface area contributed by atoms with Crippen LogP contribution in [-0.4, -0.2) is 104 Å². The number of carbonyl (C=O) groups is 2. The minimum atomic E-state index is -0.431. The Bertz CT molecular complexity index is 419. The third-order valence-electron chi connectivity index (χ3n) is 3.54. The summed E-state index contributed by atoms with van der Waals surface area (Å²) in [6.45, 7) is 6.54. The molecule has 0 fully saturated rings. The van der Waals surface area contributed by atoms with Crippen LogP contribution in [0.4, 0.5) is 0 Å². The molecule has 0 aromatic carbocycles. The summed E-state index contributed by atoms with van der Waals surface area (Å²) < 4.78 is 37.0. The zero-order valence-electron chi connectivity index (χ0n) is 18.3. The number of amides is 2. The molecule has 0 aliphatic rings. The molecule has 0 aliphatic heterocycles. The highest BCUT2D eigenvalue weighted by molar-refractivity contribution is 7.10. The van der Waals surface area contributed by atoms with Gasteiger partial charge in [0.05, 0.1) is 66.1 Å². The Labute approximate surface area is 189 Å². The van der Waals surface area contributed by atoms with Crippen LogP contribution in [0.5, 0.6) is 0 Å². The van der Waals surface area contributed by atoms with Crippen LogP contribution in [0.3, 0.4) is 0 Å². The van der Waals surface area contributed by atoms with Crippen molar-refractivity contribution in [3.63, 3.8) is 0 Å². The normalized spacial score (nSPS) is 11.1. The van der Waals surface area contributed by atoms with Crippen molar-refractivity contribution in [3.8, 4) is 0 Å². The van der Waals surface area contributed by atoms with Gasteiger partial charge in [0.2, 0.25) is 11.8 Å². The summed E-state index contributed by atoms with van der Waals surface area (Å²) in [7, 11) is 4.32. The van der Waals surface area contributed by atoms with Crippen LogP contribution in [0, 0.1) is 0 Å². The van der Waals surface area contributed by atoms with Crippen molar-refractivity contribution in [2.45, 2.75) is 19.4 Å². The first kappa shape index (κ1) is 30.5. The smallest absolute Gasteiger partial charge is 0.246 e. The lowest BCUT2D eigenvalue weighted by atomic mass is 10.4. The molecule has 0 saturated carbocycles. The fourth-order valence-corrected chi connectivity index (χ4v) is 2.27. The molecule has 11 nitrogen and oxygen atoms in total. The van der Waals surface area contributed by atoms with Gasteiger partial charge in [-0.2, -0.15) is 0 Å². The molecule has 2 N–H and O–H groups in total. The standard InChI is InChI=1S/C18H38N2O9P2/c1-2-19-17(21)3-4-20-18(22)15-27-16(13-25-7-5-23-9-11-28-30)14-26-8-6-24-10-12-29-31/h16H,2-15,30-31H2,1H3,(H,19,21)(H,20,22). The monoisotopic (exact) mass is 488 g/mol. The van der Waals surface area contributed by atoms with Crippen LogP contribution in [0.25, 0.3) is 0 Å². The molecule has 13 heteroatoms. The van der Waals surface area contributed by atoms with Crippen molar-refractivity contribution >= 4 is 30.7 Å². The third-order valence-corrected chi connectivity index (χ3v) is 4.01. The third kappa shape index (κ3) is 22.5. The molecule has 0 saturated heterocycles. The Morgan fingerprint density at radius 3 is 1.77 bits per heavy atom. The van der Waals surface area contributed by atoms with Crippen LogP contribution in [-0.2, 0) is 42.3 Å². The van der Waals surface area contributed by atoms with E-state index < -0.39 is 6.10 Å². The number of nitrogens with one attached hydrogen (secondary N) is 2. The number of hydrogen-bond donors (Lipinski definition) is 2. The average Bonchev–Trinajstić information content (AvgIpc) is 2.75. The zero-order valence-corrected chi connectivity index (χ0v) is 20.6. The van der Waals surface area contributed by atoms with Gasteiger partial charge in [-0.05, 0) is 6.92 Å². The number of ether oxygens (including phenoxy) is 5. The predicted molar refractivity (Wildman–Crippen MR) is 121 cm³/mol. The quantitative estimate of drug-likeness (QED) is 0.147. The maximum absolute atomic E-state index is 11.9. The van der Waals surface area contributed by atoms with E-state index >= 15 is 0 Å². The number of rotatable bonds is 23. The Hall–Kier alpha value is -0.480. The van der Waals surface area contributed by atoms with Crippen molar-refractivity contribution in [1.82, 2.24) is 10.6 Å². The van der Waals surface area contributed by atoms with Gasteiger partial charge in [-0.15, -0.1) is 0 Å². The van der Waals surface area contributed by atoms with Crippen LogP contribution >= 0.6 is 18.9 Å². The van der Waals surface area contributed by atoms with E-state index in [1.165, 1.54) is 0 Å². The maximum atomic E-state index is 11.9. The molecule has 0 rings (SSSR count). The van der Waals surface area contributed by atoms with E-state index in [1.807, 2.05) is 6.92 Å². The van der Waals surface area contributed by atoms with Crippen LogP contribution < -0.4 is 10.6 Å². The second kappa shape index (κ2) is 24.2. The fraction of sp³-hybridized carbons (Fsp3) is 0.889. The van der Waals surface area contributed by atoms with Crippen molar-refractivity contribution in [2.75, 3.05) is 85.8 Å². The number of carbonyl (C=O) groups excluding carboxylic acids is 2. The lowest BCUT2D eigenvalue weighted by Crippen LogP contribution is -2.35. The molecule has 0 radical (unpaired) electrons. The summed E-state index contributed by atoms with van der Waals surface area (Å²) in [6, 6.07) is 0. The van der Waals surface area contributed by atoms with Gasteiger partial charge >= 0.3 is 0 Å². The average molecular weight is 488 g/mol. The van der Waals surface area contributed by atoms with Gasteiger partial charge < -0.3 is 43.4 Å². The summed E-state index contributed by atoms with van der Waals surface area (Å²) >= 11 is 0. The van der Waals surface area contributed by atoms with E-state index in [4.69, 9.17) is 32.7 Å². The second-order valence-electron chi connectivity index (χ2n) is 6.10. The first-order valence-corrected chi connectivity index (χ1v) is 11.2. The van der Waals surface area contributed by atoms with Crippen LogP contribution in [0.2, 0.25) is 0 Å². The van der Waals surface area contributed by atoms with E-state index in [0.717, 1.165) is 0 Å². The Morgan fingerprint density at radius 2 is 1.26 bits per heavy atom. The highest BCUT2D eigenvalue weighted by atomic mass is 31.0. The van der Waals surface area contributed by atoms with Crippen molar-refractivity contribution in [2.24, 2.45) is 0 Å². The van der Waals surface area contributed by atoms with Gasteiger partial charge in [-0.1, -0.05) is 0 Å². The molecule has 0 aliphatic carbocycles. The summed E-state index contributed by atoms with van der Waals surface area (Å²) in [6.07, 6.45) is -0.210. The minimum Gasteiger partial charge on any atom is -0.377 e. The van der Waals surface area contributed by atoms with E-state index in [2.05, 4.69) is 29.6 Å². The summed E-state index contributed by atoms with van der Waals surface area (Å²) in [4.78, 5) is 23.3. The molecule has 2 amide bonds. The summed E-state index contributed by atoms with van der Waals surface area (Å²) in [5.41, 5.74) is 0. The Balaban J connectivity index is 4.08. The Morgan fingerprint density at radius 1 is 0.742 bits per heavy atom. The Kier molecular flexibility index (Phi) is 23.8. The molecule has 31 heavy (non-hydrogen) atoms. The van der Waals surface area contributed by atoms with E-state index in [0.29, 0.717) is 59.4 Å². The van der Waals surface area contributed by atoms with Crippen molar-refractivity contribution in [3.05, 3.63) is 0 Å². The molecular weight excluding hydrogens is 450 g/mol. The van der Waals surface area contributed by atoms with E-state index in [9.17, 15) is 9.59 Å². The molecule has 2 unspecified atom stereocenters. The van der Waals surface area contributed by atoms with Gasteiger partial charge in [0.1, 0.15) is 12.7 Å². The molecular formula is C18H38N2O9P2. The molecule has 0 aromatic heterocycles. The highest BCUT2D eigenvalue weighted by Crippen LogP contribution is 1.97. The molecule has 0 bridgehead atoms. The molecule has 2 atom stereocenters. The molecule has 0 aromatic rings. The van der Waals surface area contributed by atoms with Crippen LogP contribution in [0.15, 0.2) is 0 Å². The van der Waals surface area contributed by atoms with Crippen LogP contribution in [0.1, 0.15) is 13.3 Å². The van der Waals surface area contributed by atoms with Crippen molar-refractivity contribution in [1.29, 1.82) is 0 Å². The lowest BCUT2D eigenvalue weighted by Gasteiger charge is -2.18. The topological polar surface area (TPSA) is 123 Å². The lowest BCUT2D eigenvalue weighted by molar-refractivity contribution is -0.132. The van der Waals surface area contributed by atoms with Gasteiger partial charge in [0, 0.05) is 38.4 Å². The first-order valence-electron chi connectivity index (χ1n) is 10.2. The maximum Gasteiger partial charge on any atom is 0.246 e. The molecule has 0 spiro atoms. The van der Waals surface area contributed by atoms with Gasteiger partial charge in [0.25, 0.3) is 0 Å². The fourth-order valence-electron chi connectivity index (χ4n) is 2.07. The van der Waals surface area contributed by atoms with Gasteiger partial charge in [-0.25, -0.2) is 0 Å². The summed E-state index contributed by atoms with van der Waals surface area (Å²) in [5, 5.41) is 5.31. The first-order chi connectivity index (χ1) is 15.1. The SMILES string of the molecule is CCNC(=O)CCNC(=O)COC(COCCOCCOP)COCCOCCOP. The van der Waals surface area contributed by atoms with E-state index in [-0.39, 0.29) is 44.6 Å². The summed E-state index contributed by atoms with van der Waals surface area (Å²) in [5.74, 6) is -0.419. The molecule has 184 valence electrons. The van der Waals surface area contributed by atoms with E-state index in [1.54, 1.807) is 0 Å². The highest BCUT2D eigenvalue weighted by Gasteiger charge is 2.13. The predicted octanol–water partition coefficient (Wildman–Crippen LogP) is -0.306. The van der Waals surface area contributed by atoms with Crippen molar-refractivity contribution < 1.29 is 42.3 Å². The largest absolute Gasteiger partial charge is 0.377 e.